The number of nitrogens with one attached hydrogen (secondary N) is 2. The van der Waals surface area contributed by atoms with E-state index < -0.39 is 12.1 Å². The standard InChI is InChI=1S/C31H48ClN5O3/c1-21(2)30(39)37(25-6-4-3-5-7-25)26-14-17-36(20-26)31(40)28(19-22-8-10-24(32)11-9-22)35-29(38)27(33)18-23-12-15-34-16-13-23/h8-11,21,23,25-28,34H,3-7,12-20,33H2,1-2H3,(H,35,38). The summed E-state index contributed by atoms with van der Waals surface area (Å²) in [6, 6.07) is 6.27. The number of halogens is 1. The van der Waals surface area contributed by atoms with Crippen LogP contribution in [0.4, 0.5) is 0 Å². The molecule has 4 rings (SSSR count). The third-order valence-corrected chi connectivity index (χ3v) is 9.19. The normalized spacial score (nSPS) is 22.2. The van der Waals surface area contributed by atoms with E-state index in [0.717, 1.165) is 63.6 Å². The van der Waals surface area contributed by atoms with Gasteiger partial charge in [-0.15, -0.1) is 0 Å². The van der Waals surface area contributed by atoms with E-state index in [4.69, 9.17) is 17.3 Å². The Labute approximate surface area is 244 Å². The number of carbonyl (C=O) groups excluding carboxylic acids is 3. The van der Waals surface area contributed by atoms with Gasteiger partial charge in [0.2, 0.25) is 17.7 Å². The summed E-state index contributed by atoms with van der Waals surface area (Å²) in [6.07, 6.45) is 9.35. The maximum absolute atomic E-state index is 13.9. The monoisotopic (exact) mass is 573 g/mol. The molecule has 2 saturated heterocycles. The Bertz CT molecular complexity index is 991. The van der Waals surface area contributed by atoms with Crippen molar-refractivity contribution < 1.29 is 14.4 Å². The molecule has 1 aliphatic carbocycles. The summed E-state index contributed by atoms with van der Waals surface area (Å²) < 4.78 is 0. The van der Waals surface area contributed by atoms with Gasteiger partial charge >= 0.3 is 0 Å². The van der Waals surface area contributed by atoms with Crippen LogP contribution < -0.4 is 16.4 Å². The summed E-state index contributed by atoms with van der Waals surface area (Å²) in [7, 11) is 0. The number of benzene rings is 1. The van der Waals surface area contributed by atoms with E-state index in [1.165, 1.54) is 6.42 Å². The lowest BCUT2D eigenvalue weighted by Crippen LogP contribution is -2.54. The molecular weight excluding hydrogens is 526 g/mol. The average Bonchev–Trinajstić information content (AvgIpc) is 3.44. The maximum atomic E-state index is 13.9. The molecule has 3 fully saturated rings. The lowest BCUT2D eigenvalue weighted by atomic mass is 9.91. The van der Waals surface area contributed by atoms with Crippen LogP contribution in [0.2, 0.25) is 5.02 Å². The highest BCUT2D eigenvalue weighted by Gasteiger charge is 2.39. The first-order valence-corrected chi connectivity index (χ1v) is 15.7. The number of carbonyl (C=O) groups is 3. The molecule has 0 radical (unpaired) electrons. The van der Waals surface area contributed by atoms with Crippen LogP contribution in [0.25, 0.3) is 0 Å². The minimum atomic E-state index is -0.726. The average molecular weight is 574 g/mol. The van der Waals surface area contributed by atoms with Gasteiger partial charge in [0.25, 0.3) is 0 Å². The highest BCUT2D eigenvalue weighted by Crippen LogP contribution is 2.29. The number of amides is 3. The summed E-state index contributed by atoms with van der Waals surface area (Å²) in [5.41, 5.74) is 7.27. The second-order valence-corrected chi connectivity index (χ2v) is 12.8. The van der Waals surface area contributed by atoms with Gasteiger partial charge in [0.1, 0.15) is 6.04 Å². The Morgan fingerprint density at radius 2 is 1.70 bits per heavy atom. The summed E-state index contributed by atoms with van der Waals surface area (Å²) in [6.45, 7) is 6.89. The molecule has 0 aromatic heterocycles. The van der Waals surface area contributed by atoms with Crippen LogP contribution in [-0.2, 0) is 20.8 Å². The number of hydrogen-bond donors (Lipinski definition) is 3. The van der Waals surface area contributed by atoms with Gasteiger partial charge in [0, 0.05) is 36.5 Å². The Kier molecular flexibility index (Phi) is 11.3. The smallest absolute Gasteiger partial charge is 0.245 e. The molecule has 40 heavy (non-hydrogen) atoms. The maximum Gasteiger partial charge on any atom is 0.245 e. The van der Waals surface area contributed by atoms with Gasteiger partial charge < -0.3 is 26.2 Å². The van der Waals surface area contributed by atoms with E-state index >= 15 is 0 Å². The number of nitrogens with zero attached hydrogens (tertiary/aromatic N) is 2. The predicted molar refractivity (Wildman–Crippen MR) is 159 cm³/mol. The summed E-state index contributed by atoms with van der Waals surface area (Å²) in [5.74, 6) is 0.128. The predicted octanol–water partition coefficient (Wildman–Crippen LogP) is 3.50. The van der Waals surface area contributed by atoms with Gasteiger partial charge in [-0.3, -0.25) is 14.4 Å². The first kappa shape index (κ1) is 30.8. The molecule has 222 valence electrons. The van der Waals surface area contributed by atoms with Crippen LogP contribution in [0.3, 0.4) is 0 Å². The number of nitrogens with two attached hydrogens (primary N) is 1. The molecule has 8 nitrogen and oxygen atoms in total. The van der Waals surface area contributed by atoms with E-state index in [1.807, 2.05) is 30.9 Å². The zero-order valence-corrected chi connectivity index (χ0v) is 25.0. The van der Waals surface area contributed by atoms with Gasteiger partial charge in [-0.2, -0.15) is 0 Å². The summed E-state index contributed by atoms with van der Waals surface area (Å²) in [5, 5.41) is 6.98. The number of piperidine rings is 1. The zero-order valence-electron chi connectivity index (χ0n) is 24.2. The van der Waals surface area contributed by atoms with Crippen molar-refractivity contribution in [1.29, 1.82) is 0 Å². The van der Waals surface area contributed by atoms with Crippen molar-refractivity contribution in [3.8, 4) is 0 Å². The SMILES string of the molecule is CC(C)C(=O)N(C1CCCCC1)C1CCN(C(=O)C(Cc2ccc(Cl)cc2)NC(=O)C(N)CC2CCNCC2)C1. The van der Waals surface area contributed by atoms with E-state index in [-0.39, 0.29) is 35.7 Å². The highest BCUT2D eigenvalue weighted by molar-refractivity contribution is 6.30. The van der Waals surface area contributed by atoms with Crippen LogP contribution in [0.5, 0.6) is 0 Å². The molecule has 3 amide bonds. The zero-order chi connectivity index (χ0) is 28.6. The molecule has 9 heteroatoms. The molecule has 0 bridgehead atoms. The lowest BCUT2D eigenvalue weighted by Gasteiger charge is -2.39. The van der Waals surface area contributed by atoms with Crippen LogP contribution in [-0.4, -0.2) is 77.9 Å². The van der Waals surface area contributed by atoms with Crippen LogP contribution in [0.1, 0.15) is 77.2 Å². The first-order chi connectivity index (χ1) is 19.2. The molecule has 4 N–H and O–H groups in total. The lowest BCUT2D eigenvalue weighted by molar-refractivity contribution is -0.141. The van der Waals surface area contributed by atoms with Crippen molar-refractivity contribution in [3.63, 3.8) is 0 Å². The van der Waals surface area contributed by atoms with Gasteiger partial charge in [0.05, 0.1) is 12.1 Å². The fourth-order valence-electron chi connectivity index (χ4n) is 6.62. The summed E-state index contributed by atoms with van der Waals surface area (Å²) >= 11 is 6.09. The molecular formula is C31H48ClN5O3. The van der Waals surface area contributed by atoms with Crippen LogP contribution in [0.15, 0.2) is 24.3 Å². The second kappa shape index (κ2) is 14.6. The van der Waals surface area contributed by atoms with Crippen LogP contribution in [0, 0.1) is 11.8 Å². The highest BCUT2D eigenvalue weighted by atomic mass is 35.5. The largest absolute Gasteiger partial charge is 0.343 e. The van der Waals surface area contributed by atoms with Crippen molar-refractivity contribution >= 4 is 29.3 Å². The van der Waals surface area contributed by atoms with Crippen molar-refractivity contribution in [2.45, 2.75) is 102 Å². The minimum absolute atomic E-state index is 0.0102. The number of likely N-dealkylation sites (tertiary alicyclic amines) is 1. The molecule has 0 spiro atoms. The Morgan fingerprint density at radius 1 is 1.02 bits per heavy atom. The van der Waals surface area contributed by atoms with Gasteiger partial charge in [-0.1, -0.05) is 56.8 Å². The third-order valence-electron chi connectivity index (χ3n) is 8.94. The number of hydrogen-bond acceptors (Lipinski definition) is 5. The summed E-state index contributed by atoms with van der Waals surface area (Å²) in [4.78, 5) is 44.5. The van der Waals surface area contributed by atoms with Gasteiger partial charge in [0.15, 0.2) is 0 Å². The van der Waals surface area contributed by atoms with E-state index in [0.29, 0.717) is 36.9 Å². The molecule has 1 aromatic rings. The topological polar surface area (TPSA) is 108 Å². The Hall–Kier alpha value is -2.16. The first-order valence-electron chi connectivity index (χ1n) is 15.3. The van der Waals surface area contributed by atoms with Gasteiger partial charge in [-0.05, 0) is 75.2 Å². The molecule has 3 atom stereocenters. The van der Waals surface area contributed by atoms with Crippen molar-refractivity contribution in [1.82, 2.24) is 20.4 Å². The molecule has 2 aliphatic heterocycles. The quantitative estimate of drug-likeness (QED) is 0.397. The van der Waals surface area contributed by atoms with Gasteiger partial charge in [-0.25, -0.2) is 0 Å². The molecule has 1 aromatic carbocycles. The van der Waals surface area contributed by atoms with Crippen LogP contribution >= 0.6 is 11.6 Å². The van der Waals surface area contributed by atoms with Crippen molar-refractivity contribution in [2.75, 3.05) is 26.2 Å². The van der Waals surface area contributed by atoms with Crippen molar-refractivity contribution in [2.24, 2.45) is 17.6 Å². The molecule has 2 heterocycles. The fourth-order valence-corrected chi connectivity index (χ4v) is 6.75. The molecule has 1 saturated carbocycles. The molecule has 3 aliphatic rings. The Balaban J connectivity index is 1.46. The Morgan fingerprint density at radius 3 is 2.35 bits per heavy atom. The van der Waals surface area contributed by atoms with E-state index in [9.17, 15) is 14.4 Å². The van der Waals surface area contributed by atoms with E-state index in [2.05, 4.69) is 15.5 Å². The number of rotatable bonds is 10. The van der Waals surface area contributed by atoms with E-state index in [1.54, 1.807) is 12.1 Å². The minimum Gasteiger partial charge on any atom is -0.343 e. The third kappa shape index (κ3) is 8.20. The second-order valence-electron chi connectivity index (χ2n) is 12.3. The fraction of sp³-hybridized carbons (Fsp3) is 0.710. The molecule has 3 unspecified atom stereocenters. The van der Waals surface area contributed by atoms with Crippen molar-refractivity contribution in [3.05, 3.63) is 34.9 Å².